The largest absolute Gasteiger partial charge is 0.383 e. The van der Waals surface area contributed by atoms with Gasteiger partial charge in [0.25, 0.3) is 0 Å². The van der Waals surface area contributed by atoms with Gasteiger partial charge in [0, 0.05) is 30.4 Å². The van der Waals surface area contributed by atoms with Crippen LogP contribution in [0.25, 0.3) is 0 Å². The van der Waals surface area contributed by atoms with E-state index >= 15 is 0 Å². The van der Waals surface area contributed by atoms with E-state index in [1.807, 2.05) is 25.1 Å². The number of piperidine rings is 1. The van der Waals surface area contributed by atoms with E-state index < -0.39 is 0 Å². The molecule has 1 saturated heterocycles. The molecule has 3 N–H and O–H groups in total. The Morgan fingerprint density at radius 3 is 2.95 bits per heavy atom. The molecule has 4 nitrogen and oxygen atoms in total. The summed E-state index contributed by atoms with van der Waals surface area (Å²) in [5, 5.41) is 9.94. The quantitative estimate of drug-likeness (QED) is 0.774. The van der Waals surface area contributed by atoms with Crippen molar-refractivity contribution >= 4 is 17.3 Å². The summed E-state index contributed by atoms with van der Waals surface area (Å²) in [7, 11) is 0. The van der Waals surface area contributed by atoms with Gasteiger partial charge in [-0.3, -0.25) is 4.79 Å². The standard InChI is InChI=1S/C16H25N3O/c1-3-16(20)19-13-8-7-12(2)15(10-13)18-11-14-6-4-5-9-17-14/h7-8,10,14,17-18H,3-6,9,11H2,1-2H3,(H,19,20). The second kappa shape index (κ2) is 7.29. The average Bonchev–Trinajstić information content (AvgIpc) is 2.48. The molecule has 0 aromatic heterocycles. The molecule has 2 rings (SSSR count). The van der Waals surface area contributed by atoms with Crippen molar-refractivity contribution in [3.8, 4) is 0 Å². The molecule has 1 aliphatic heterocycles. The third-order valence-electron chi connectivity index (χ3n) is 3.79. The molecule has 0 aliphatic carbocycles. The Morgan fingerprint density at radius 2 is 2.25 bits per heavy atom. The molecule has 1 aromatic carbocycles. The molecule has 1 amide bonds. The van der Waals surface area contributed by atoms with E-state index in [0.717, 1.165) is 24.5 Å². The summed E-state index contributed by atoms with van der Waals surface area (Å²) in [5.74, 6) is 0.0498. The van der Waals surface area contributed by atoms with Crippen LogP contribution in [0.1, 0.15) is 38.2 Å². The topological polar surface area (TPSA) is 53.2 Å². The van der Waals surface area contributed by atoms with Gasteiger partial charge in [-0.05, 0) is 44.0 Å². The van der Waals surface area contributed by atoms with Gasteiger partial charge in [-0.1, -0.05) is 19.4 Å². The smallest absolute Gasteiger partial charge is 0.224 e. The molecule has 20 heavy (non-hydrogen) atoms. The monoisotopic (exact) mass is 275 g/mol. The van der Waals surface area contributed by atoms with Crippen molar-refractivity contribution in [1.29, 1.82) is 0 Å². The van der Waals surface area contributed by atoms with Crippen molar-refractivity contribution in [3.05, 3.63) is 23.8 Å². The molecule has 1 fully saturated rings. The maximum Gasteiger partial charge on any atom is 0.224 e. The minimum absolute atomic E-state index is 0.0498. The molecule has 4 heteroatoms. The first-order valence-electron chi connectivity index (χ1n) is 7.57. The van der Waals surface area contributed by atoms with E-state index in [1.165, 1.54) is 24.8 Å². The molecule has 110 valence electrons. The van der Waals surface area contributed by atoms with Crippen LogP contribution in [0.5, 0.6) is 0 Å². The normalized spacial score (nSPS) is 18.6. The Hall–Kier alpha value is -1.55. The lowest BCUT2D eigenvalue weighted by Crippen LogP contribution is -2.39. The Bertz CT molecular complexity index is 453. The van der Waals surface area contributed by atoms with Crippen molar-refractivity contribution in [2.45, 2.75) is 45.6 Å². The van der Waals surface area contributed by atoms with E-state index in [4.69, 9.17) is 0 Å². The van der Waals surface area contributed by atoms with Gasteiger partial charge < -0.3 is 16.0 Å². The Morgan fingerprint density at radius 1 is 1.40 bits per heavy atom. The van der Waals surface area contributed by atoms with Crippen LogP contribution >= 0.6 is 0 Å². The van der Waals surface area contributed by atoms with Gasteiger partial charge in [0.15, 0.2) is 0 Å². The zero-order valence-electron chi connectivity index (χ0n) is 12.5. The summed E-state index contributed by atoms with van der Waals surface area (Å²) in [6.45, 7) is 6.00. The number of hydrogen-bond donors (Lipinski definition) is 3. The first-order valence-corrected chi connectivity index (χ1v) is 7.57. The van der Waals surface area contributed by atoms with Gasteiger partial charge in [-0.2, -0.15) is 0 Å². The number of nitrogens with one attached hydrogen (secondary N) is 3. The van der Waals surface area contributed by atoms with Gasteiger partial charge in [-0.25, -0.2) is 0 Å². The number of rotatable bonds is 5. The van der Waals surface area contributed by atoms with E-state index in [-0.39, 0.29) is 5.91 Å². The fourth-order valence-corrected chi connectivity index (χ4v) is 2.47. The SMILES string of the molecule is CCC(=O)Nc1ccc(C)c(NCC2CCCCN2)c1. The number of aryl methyl sites for hydroxylation is 1. The number of carbonyl (C=O) groups is 1. The Balaban J connectivity index is 1.95. The lowest BCUT2D eigenvalue weighted by Gasteiger charge is -2.24. The van der Waals surface area contributed by atoms with Crippen LogP contribution in [0.2, 0.25) is 0 Å². The number of amides is 1. The fraction of sp³-hybridized carbons (Fsp3) is 0.562. The van der Waals surface area contributed by atoms with E-state index in [9.17, 15) is 4.79 Å². The maximum absolute atomic E-state index is 11.4. The predicted molar refractivity (Wildman–Crippen MR) is 84.2 cm³/mol. The summed E-state index contributed by atoms with van der Waals surface area (Å²) in [5.41, 5.74) is 3.17. The maximum atomic E-state index is 11.4. The number of anilines is 2. The van der Waals surface area contributed by atoms with Crippen LogP contribution in [-0.2, 0) is 4.79 Å². The van der Waals surface area contributed by atoms with Crippen LogP contribution in [0.4, 0.5) is 11.4 Å². The molecule has 1 atom stereocenters. The average molecular weight is 275 g/mol. The van der Waals surface area contributed by atoms with Crippen molar-refractivity contribution in [2.24, 2.45) is 0 Å². The molecular formula is C16H25N3O. The molecular weight excluding hydrogens is 250 g/mol. The summed E-state index contributed by atoms with van der Waals surface area (Å²) in [6, 6.07) is 6.57. The van der Waals surface area contributed by atoms with E-state index in [0.29, 0.717) is 12.5 Å². The third kappa shape index (κ3) is 4.23. The van der Waals surface area contributed by atoms with Gasteiger partial charge >= 0.3 is 0 Å². The second-order valence-electron chi connectivity index (χ2n) is 5.46. The minimum atomic E-state index is 0.0498. The van der Waals surface area contributed by atoms with Gasteiger partial charge in [0.2, 0.25) is 5.91 Å². The number of hydrogen-bond acceptors (Lipinski definition) is 3. The molecule has 0 spiro atoms. The summed E-state index contributed by atoms with van der Waals surface area (Å²) >= 11 is 0. The zero-order chi connectivity index (χ0) is 14.4. The van der Waals surface area contributed by atoms with Crippen LogP contribution in [0.15, 0.2) is 18.2 Å². The fourth-order valence-electron chi connectivity index (χ4n) is 2.47. The van der Waals surface area contributed by atoms with Gasteiger partial charge in [0.1, 0.15) is 0 Å². The van der Waals surface area contributed by atoms with Crippen molar-refractivity contribution in [3.63, 3.8) is 0 Å². The second-order valence-corrected chi connectivity index (χ2v) is 5.46. The van der Waals surface area contributed by atoms with E-state index in [1.54, 1.807) is 0 Å². The van der Waals surface area contributed by atoms with Crippen LogP contribution in [0.3, 0.4) is 0 Å². The lowest BCUT2D eigenvalue weighted by molar-refractivity contribution is -0.115. The number of benzene rings is 1. The van der Waals surface area contributed by atoms with Crippen molar-refractivity contribution in [2.75, 3.05) is 23.7 Å². The molecule has 1 aromatic rings. The highest BCUT2D eigenvalue weighted by Gasteiger charge is 2.12. The molecule has 0 radical (unpaired) electrons. The lowest BCUT2D eigenvalue weighted by atomic mass is 10.0. The zero-order valence-corrected chi connectivity index (χ0v) is 12.5. The predicted octanol–water partition coefficient (Wildman–Crippen LogP) is 2.90. The highest BCUT2D eigenvalue weighted by Crippen LogP contribution is 2.21. The number of carbonyl (C=O) groups excluding carboxylic acids is 1. The third-order valence-corrected chi connectivity index (χ3v) is 3.79. The first kappa shape index (κ1) is 14.9. The van der Waals surface area contributed by atoms with Crippen LogP contribution in [-0.4, -0.2) is 25.0 Å². The van der Waals surface area contributed by atoms with Crippen LogP contribution < -0.4 is 16.0 Å². The first-order chi connectivity index (χ1) is 9.69. The summed E-state index contributed by atoms with van der Waals surface area (Å²) < 4.78 is 0. The molecule has 0 bridgehead atoms. The minimum Gasteiger partial charge on any atom is -0.383 e. The summed E-state index contributed by atoms with van der Waals surface area (Å²) in [4.78, 5) is 11.4. The van der Waals surface area contributed by atoms with Gasteiger partial charge in [0.05, 0.1) is 0 Å². The van der Waals surface area contributed by atoms with Crippen LogP contribution in [0, 0.1) is 6.92 Å². The van der Waals surface area contributed by atoms with Gasteiger partial charge in [-0.15, -0.1) is 0 Å². The Labute approximate surface area is 121 Å². The highest BCUT2D eigenvalue weighted by atomic mass is 16.1. The molecule has 1 heterocycles. The summed E-state index contributed by atoms with van der Waals surface area (Å²) in [6.07, 6.45) is 4.33. The van der Waals surface area contributed by atoms with Crippen molar-refractivity contribution in [1.82, 2.24) is 5.32 Å². The molecule has 1 unspecified atom stereocenters. The Kier molecular flexibility index (Phi) is 5.41. The highest BCUT2D eigenvalue weighted by molar-refractivity contribution is 5.91. The van der Waals surface area contributed by atoms with Crippen molar-refractivity contribution < 1.29 is 4.79 Å². The molecule has 1 aliphatic rings. The molecule has 0 saturated carbocycles. The van der Waals surface area contributed by atoms with E-state index in [2.05, 4.69) is 22.9 Å².